The van der Waals surface area contributed by atoms with Crippen molar-refractivity contribution in [2.45, 2.75) is 45.2 Å². The predicted octanol–water partition coefficient (Wildman–Crippen LogP) is 2.52. The van der Waals surface area contributed by atoms with Crippen LogP contribution in [0.15, 0.2) is 24.3 Å². The number of benzene rings is 1. The van der Waals surface area contributed by atoms with E-state index in [0.29, 0.717) is 18.4 Å². The molecular weight excluding hydrogens is 231 g/mol. The van der Waals surface area contributed by atoms with Crippen molar-refractivity contribution in [2.75, 3.05) is 0 Å². The average Bonchev–Trinajstić information content (AvgIpc) is 2.26. The summed E-state index contributed by atoms with van der Waals surface area (Å²) in [6.45, 7) is 5.52. The molecule has 3 N–H and O–H groups in total. The Hall–Kier alpha value is -1.42. The first-order valence-electron chi connectivity index (χ1n) is 6.12. The van der Waals surface area contributed by atoms with Crippen LogP contribution < -0.4 is 11.1 Å². The molecule has 18 heavy (non-hydrogen) atoms. The molecule has 0 saturated heterocycles. The minimum absolute atomic E-state index is 0.107. The molecule has 0 saturated carbocycles. The normalized spacial score (nSPS) is 13.2. The second-order valence-corrected chi connectivity index (χ2v) is 5.30. The molecule has 0 aliphatic rings. The Kier molecular flexibility index (Phi) is 4.84. The zero-order chi connectivity index (χ0) is 13.8. The molecule has 0 fully saturated rings. The second-order valence-electron chi connectivity index (χ2n) is 5.30. The van der Waals surface area contributed by atoms with Gasteiger partial charge in [-0.3, -0.25) is 4.79 Å². The lowest BCUT2D eigenvalue weighted by molar-refractivity contribution is -0.122. The van der Waals surface area contributed by atoms with E-state index in [1.807, 2.05) is 13.8 Å². The van der Waals surface area contributed by atoms with E-state index in [4.69, 9.17) is 5.73 Å². The molecule has 0 aliphatic heterocycles. The van der Waals surface area contributed by atoms with Crippen LogP contribution in [0, 0.1) is 5.82 Å². The van der Waals surface area contributed by atoms with Gasteiger partial charge in [-0.25, -0.2) is 4.39 Å². The van der Waals surface area contributed by atoms with E-state index in [9.17, 15) is 9.18 Å². The maximum absolute atomic E-state index is 13.5. The quantitative estimate of drug-likeness (QED) is 0.846. The molecule has 1 atom stereocenters. The van der Waals surface area contributed by atoms with Crippen LogP contribution in [-0.4, -0.2) is 11.4 Å². The first-order chi connectivity index (χ1) is 8.29. The van der Waals surface area contributed by atoms with Crippen molar-refractivity contribution >= 4 is 5.91 Å². The van der Waals surface area contributed by atoms with Gasteiger partial charge in [-0.15, -0.1) is 0 Å². The van der Waals surface area contributed by atoms with E-state index < -0.39 is 0 Å². The van der Waals surface area contributed by atoms with E-state index in [2.05, 4.69) is 5.32 Å². The number of carbonyl (C=O) groups excluding carboxylic acids is 1. The molecule has 1 aromatic rings. The lowest BCUT2D eigenvalue weighted by Gasteiger charge is -2.19. The molecule has 0 aliphatic carbocycles. The SMILES string of the molecule is CC(NC(=O)CCC(C)(C)N)c1ccccc1F. The number of carbonyl (C=O) groups is 1. The Morgan fingerprint density at radius 3 is 2.61 bits per heavy atom. The first kappa shape index (κ1) is 14.6. The third kappa shape index (κ3) is 4.84. The van der Waals surface area contributed by atoms with E-state index in [-0.39, 0.29) is 23.3 Å². The van der Waals surface area contributed by atoms with Crippen LogP contribution in [0.25, 0.3) is 0 Å². The van der Waals surface area contributed by atoms with Crippen molar-refractivity contribution in [2.24, 2.45) is 5.73 Å². The largest absolute Gasteiger partial charge is 0.349 e. The van der Waals surface area contributed by atoms with Gasteiger partial charge in [-0.2, -0.15) is 0 Å². The average molecular weight is 252 g/mol. The Morgan fingerprint density at radius 2 is 2.06 bits per heavy atom. The van der Waals surface area contributed by atoms with E-state index in [0.717, 1.165) is 0 Å². The minimum Gasteiger partial charge on any atom is -0.349 e. The highest BCUT2D eigenvalue weighted by Crippen LogP contribution is 2.16. The molecule has 1 rings (SSSR count). The Bertz CT molecular complexity index is 413. The number of hydrogen-bond acceptors (Lipinski definition) is 2. The summed E-state index contributed by atoms with van der Waals surface area (Å²) in [7, 11) is 0. The monoisotopic (exact) mass is 252 g/mol. The smallest absolute Gasteiger partial charge is 0.220 e. The van der Waals surface area contributed by atoms with Gasteiger partial charge in [0.05, 0.1) is 6.04 Å². The van der Waals surface area contributed by atoms with Crippen LogP contribution in [-0.2, 0) is 4.79 Å². The summed E-state index contributed by atoms with van der Waals surface area (Å²) in [5, 5.41) is 2.78. The van der Waals surface area contributed by atoms with Gasteiger partial charge in [0.25, 0.3) is 0 Å². The van der Waals surface area contributed by atoms with Gasteiger partial charge in [-0.05, 0) is 33.3 Å². The fourth-order valence-corrected chi connectivity index (χ4v) is 1.65. The maximum atomic E-state index is 13.5. The summed E-state index contributed by atoms with van der Waals surface area (Å²) < 4.78 is 13.5. The molecule has 1 aromatic carbocycles. The summed E-state index contributed by atoms with van der Waals surface area (Å²) >= 11 is 0. The number of nitrogens with one attached hydrogen (secondary N) is 1. The molecule has 4 heteroatoms. The van der Waals surface area contributed by atoms with E-state index in [1.165, 1.54) is 6.07 Å². The molecular formula is C14H21FN2O. The van der Waals surface area contributed by atoms with Crippen LogP contribution in [0.3, 0.4) is 0 Å². The summed E-state index contributed by atoms with van der Waals surface area (Å²) in [6, 6.07) is 6.11. The van der Waals surface area contributed by atoms with Crippen LogP contribution >= 0.6 is 0 Å². The lowest BCUT2D eigenvalue weighted by Crippen LogP contribution is -2.35. The molecule has 0 aromatic heterocycles. The first-order valence-corrected chi connectivity index (χ1v) is 6.12. The van der Waals surface area contributed by atoms with Gasteiger partial charge in [0.15, 0.2) is 0 Å². The number of nitrogens with two attached hydrogens (primary N) is 1. The highest BCUT2D eigenvalue weighted by atomic mass is 19.1. The van der Waals surface area contributed by atoms with E-state index in [1.54, 1.807) is 25.1 Å². The zero-order valence-electron chi connectivity index (χ0n) is 11.2. The highest BCUT2D eigenvalue weighted by molar-refractivity contribution is 5.76. The Morgan fingerprint density at radius 1 is 1.44 bits per heavy atom. The molecule has 0 radical (unpaired) electrons. The molecule has 0 bridgehead atoms. The predicted molar refractivity (Wildman–Crippen MR) is 70.5 cm³/mol. The van der Waals surface area contributed by atoms with Gasteiger partial charge in [0, 0.05) is 17.5 Å². The van der Waals surface area contributed by atoms with Gasteiger partial charge < -0.3 is 11.1 Å². The van der Waals surface area contributed by atoms with Crippen molar-refractivity contribution in [1.82, 2.24) is 5.32 Å². The van der Waals surface area contributed by atoms with Gasteiger partial charge in [0.2, 0.25) is 5.91 Å². The topological polar surface area (TPSA) is 55.1 Å². The standard InChI is InChI=1S/C14H21FN2O/c1-10(11-6-4-5-7-12(11)15)17-13(18)8-9-14(2,3)16/h4-7,10H,8-9,16H2,1-3H3,(H,17,18). The fourth-order valence-electron chi connectivity index (χ4n) is 1.65. The van der Waals surface area contributed by atoms with Crippen molar-refractivity contribution in [3.05, 3.63) is 35.6 Å². The lowest BCUT2D eigenvalue weighted by atomic mass is 9.99. The van der Waals surface area contributed by atoms with E-state index >= 15 is 0 Å². The molecule has 0 spiro atoms. The highest BCUT2D eigenvalue weighted by Gasteiger charge is 2.16. The Balaban J connectivity index is 2.53. The van der Waals surface area contributed by atoms with Crippen LogP contribution in [0.4, 0.5) is 4.39 Å². The summed E-state index contributed by atoms with van der Waals surface area (Å²) in [6.07, 6.45) is 0.950. The number of amides is 1. The summed E-state index contributed by atoms with van der Waals surface area (Å²) in [4.78, 5) is 11.7. The van der Waals surface area contributed by atoms with Crippen LogP contribution in [0.2, 0.25) is 0 Å². The summed E-state index contributed by atoms with van der Waals surface area (Å²) in [5.74, 6) is -0.409. The van der Waals surface area contributed by atoms with Crippen molar-refractivity contribution < 1.29 is 9.18 Å². The van der Waals surface area contributed by atoms with Gasteiger partial charge >= 0.3 is 0 Å². The van der Waals surface area contributed by atoms with Gasteiger partial charge in [0.1, 0.15) is 5.82 Å². The maximum Gasteiger partial charge on any atom is 0.220 e. The molecule has 3 nitrogen and oxygen atoms in total. The van der Waals surface area contributed by atoms with Crippen molar-refractivity contribution in [3.63, 3.8) is 0 Å². The molecule has 0 heterocycles. The van der Waals surface area contributed by atoms with Gasteiger partial charge in [-0.1, -0.05) is 18.2 Å². The Labute approximate surface area is 108 Å². The molecule has 1 amide bonds. The minimum atomic E-state index is -0.363. The van der Waals surface area contributed by atoms with Crippen LogP contribution in [0.5, 0.6) is 0 Å². The third-order valence-electron chi connectivity index (χ3n) is 2.75. The molecule has 1 unspecified atom stereocenters. The number of halogens is 1. The van der Waals surface area contributed by atoms with Crippen LogP contribution in [0.1, 0.15) is 45.2 Å². The number of hydrogen-bond donors (Lipinski definition) is 2. The fraction of sp³-hybridized carbons (Fsp3) is 0.500. The summed E-state index contributed by atoms with van der Waals surface area (Å²) in [5.41, 5.74) is 5.95. The van der Waals surface area contributed by atoms with Crippen molar-refractivity contribution in [1.29, 1.82) is 0 Å². The molecule has 100 valence electrons. The number of rotatable bonds is 5. The third-order valence-corrected chi connectivity index (χ3v) is 2.75. The zero-order valence-corrected chi connectivity index (χ0v) is 11.2. The van der Waals surface area contributed by atoms with Crippen molar-refractivity contribution in [3.8, 4) is 0 Å². The second kappa shape index (κ2) is 5.96.